The number of hydrogen-bond acceptors (Lipinski definition) is 4. The Balaban J connectivity index is 2.17. The summed E-state index contributed by atoms with van der Waals surface area (Å²) in [6.45, 7) is 10.8. The molecule has 0 saturated carbocycles. The van der Waals surface area contributed by atoms with Gasteiger partial charge in [0.2, 0.25) is 5.88 Å². The van der Waals surface area contributed by atoms with Crippen LogP contribution in [0.3, 0.4) is 0 Å². The van der Waals surface area contributed by atoms with Gasteiger partial charge in [-0.2, -0.15) is 0 Å². The fourth-order valence-electron chi connectivity index (χ4n) is 3.80. The van der Waals surface area contributed by atoms with Gasteiger partial charge in [0.15, 0.2) is 0 Å². The van der Waals surface area contributed by atoms with Crippen molar-refractivity contribution < 1.29 is 9.84 Å². The Bertz CT molecular complexity index is 976. The standard InChI is InChI=1S/C23H31N3O2/c1-7-17(10-11-27)26-13-16(5)22-20(26)12-15(4)21(25-22)18-8-9-19(14(2)3)24-23(18)28-6/h8-9,12-14,17,27H,7,10-11H2,1-6H3/t17-/m1/s1. The average Bonchev–Trinajstić information content (AvgIpc) is 3.00. The number of methoxy groups -OCH3 is 1. The quantitative estimate of drug-likeness (QED) is 0.612. The number of pyridine rings is 2. The molecule has 1 N–H and O–H groups in total. The highest BCUT2D eigenvalue weighted by molar-refractivity contribution is 5.85. The minimum atomic E-state index is 0.187. The molecule has 5 heteroatoms. The van der Waals surface area contributed by atoms with Gasteiger partial charge in [-0.15, -0.1) is 0 Å². The van der Waals surface area contributed by atoms with Crippen molar-refractivity contribution in [2.45, 2.75) is 59.4 Å². The molecule has 5 nitrogen and oxygen atoms in total. The normalized spacial score (nSPS) is 12.7. The minimum Gasteiger partial charge on any atom is -0.480 e. The van der Waals surface area contributed by atoms with E-state index < -0.39 is 0 Å². The maximum absolute atomic E-state index is 9.42. The molecule has 150 valence electrons. The molecular formula is C23H31N3O2. The number of hydrogen-bond donors (Lipinski definition) is 1. The van der Waals surface area contributed by atoms with E-state index in [1.54, 1.807) is 7.11 Å². The molecule has 3 rings (SSSR count). The topological polar surface area (TPSA) is 60.2 Å². The lowest BCUT2D eigenvalue weighted by Crippen LogP contribution is -2.09. The first kappa shape index (κ1) is 20.3. The molecule has 0 saturated heterocycles. The number of nitrogens with zero attached hydrogens (tertiary/aromatic N) is 3. The van der Waals surface area contributed by atoms with Crippen LogP contribution in [0.5, 0.6) is 5.88 Å². The minimum absolute atomic E-state index is 0.187. The summed E-state index contributed by atoms with van der Waals surface area (Å²) in [4.78, 5) is 9.71. The van der Waals surface area contributed by atoms with Gasteiger partial charge in [-0.3, -0.25) is 0 Å². The molecule has 3 heterocycles. The van der Waals surface area contributed by atoms with Gasteiger partial charge in [0.25, 0.3) is 0 Å². The zero-order chi connectivity index (χ0) is 20.4. The molecule has 0 bridgehead atoms. The molecule has 3 aromatic rings. The van der Waals surface area contributed by atoms with E-state index >= 15 is 0 Å². The second-order valence-electron chi connectivity index (χ2n) is 7.76. The van der Waals surface area contributed by atoms with Crippen molar-refractivity contribution in [3.8, 4) is 17.1 Å². The number of fused-ring (bicyclic) bond motifs is 1. The van der Waals surface area contributed by atoms with Crippen LogP contribution >= 0.6 is 0 Å². The van der Waals surface area contributed by atoms with E-state index in [9.17, 15) is 5.11 Å². The first-order valence-corrected chi connectivity index (χ1v) is 10.1. The Morgan fingerprint density at radius 2 is 1.89 bits per heavy atom. The molecule has 0 fully saturated rings. The van der Waals surface area contributed by atoms with Crippen molar-refractivity contribution >= 4 is 11.0 Å². The molecule has 0 aliphatic carbocycles. The Hall–Kier alpha value is -2.40. The van der Waals surface area contributed by atoms with Crippen LogP contribution in [0.2, 0.25) is 0 Å². The molecule has 0 unspecified atom stereocenters. The summed E-state index contributed by atoms with van der Waals surface area (Å²) in [5, 5.41) is 9.42. The fraction of sp³-hybridized carbons (Fsp3) is 0.478. The molecule has 0 spiro atoms. The summed E-state index contributed by atoms with van der Waals surface area (Å²) in [7, 11) is 1.66. The predicted octanol–water partition coefficient (Wildman–Crippen LogP) is 5.18. The van der Waals surface area contributed by atoms with Crippen LogP contribution in [-0.4, -0.2) is 33.4 Å². The van der Waals surface area contributed by atoms with Crippen molar-refractivity contribution in [3.63, 3.8) is 0 Å². The summed E-state index contributed by atoms with van der Waals surface area (Å²) in [5.41, 5.74) is 7.17. The average molecular weight is 382 g/mol. The summed E-state index contributed by atoms with van der Waals surface area (Å²) in [6.07, 6.45) is 3.87. The highest BCUT2D eigenvalue weighted by Crippen LogP contribution is 2.35. The van der Waals surface area contributed by atoms with Crippen LogP contribution in [0.25, 0.3) is 22.3 Å². The van der Waals surface area contributed by atoms with E-state index in [2.05, 4.69) is 68.6 Å². The van der Waals surface area contributed by atoms with Crippen molar-refractivity contribution in [1.29, 1.82) is 0 Å². The largest absolute Gasteiger partial charge is 0.480 e. The van der Waals surface area contributed by atoms with Gasteiger partial charge in [-0.1, -0.05) is 20.8 Å². The van der Waals surface area contributed by atoms with E-state index in [-0.39, 0.29) is 12.6 Å². The summed E-state index contributed by atoms with van der Waals surface area (Å²) in [6, 6.07) is 6.59. The second kappa shape index (κ2) is 8.31. The number of aliphatic hydroxyl groups excluding tert-OH is 1. The van der Waals surface area contributed by atoms with Crippen LogP contribution in [0.1, 0.15) is 62.4 Å². The van der Waals surface area contributed by atoms with E-state index in [0.717, 1.165) is 52.0 Å². The zero-order valence-corrected chi connectivity index (χ0v) is 17.8. The lowest BCUT2D eigenvalue weighted by atomic mass is 10.0. The SMILES string of the molecule is CC[C@H](CCO)n1cc(C)c2nc(-c3ccc(C(C)C)nc3OC)c(C)cc21. The van der Waals surface area contributed by atoms with Crippen molar-refractivity contribution in [2.24, 2.45) is 0 Å². The third-order valence-electron chi connectivity index (χ3n) is 5.43. The van der Waals surface area contributed by atoms with Gasteiger partial charge in [-0.05, 0) is 61.9 Å². The summed E-state index contributed by atoms with van der Waals surface area (Å²) in [5.74, 6) is 0.957. The molecule has 0 aliphatic heterocycles. The predicted molar refractivity (Wildman–Crippen MR) is 114 cm³/mol. The molecule has 0 amide bonds. The Kier molecular flexibility index (Phi) is 6.04. The van der Waals surface area contributed by atoms with Gasteiger partial charge in [0.1, 0.15) is 0 Å². The second-order valence-corrected chi connectivity index (χ2v) is 7.76. The molecule has 0 aromatic carbocycles. The van der Waals surface area contributed by atoms with Crippen molar-refractivity contribution in [2.75, 3.05) is 13.7 Å². The van der Waals surface area contributed by atoms with E-state index in [4.69, 9.17) is 9.72 Å². The lowest BCUT2D eigenvalue weighted by molar-refractivity contribution is 0.256. The molecule has 1 atom stereocenters. The lowest BCUT2D eigenvalue weighted by Gasteiger charge is -2.18. The third-order valence-corrected chi connectivity index (χ3v) is 5.43. The molecule has 0 radical (unpaired) electrons. The maximum Gasteiger partial charge on any atom is 0.222 e. The van der Waals surface area contributed by atoms with Crippen LogP contribution < -0.4 is 4.74 Å². The highest BCUT2D eigenvalue weighted by Gasteiger charge is 2.19. The smallest absolute Gasteiger partial charge is 0.222 e. The van der Waals surface area contributed by atoms with Crippen LogP contribution in [0.15, 0.2) is 24.4 Å². The van der Waals surface area contributed by atoms with Gasteiger partial charge in [0, 0.05) is 24.5 Å². The fourth-order valence-corrected chi connectivity index (χ4v) is 3.80. The first-order valence-electron chi connectivity index (χ1n) is 10.1. The third kappa shape index (κ3) is 3.63. The monoisotopic (exact) mass is 381 g/mol. The summed E-state index contributed by atoms with van der Waals surface area (Å²) >= 11 is 0. The Morgan fingerprint density at radius 3 is 2.50 bits per heavy atom. The van der Waals surface area contributed by atoms with Crippen LogP contribution in [0.4, 0.5) is 0 Å². The van der Waals surface area contributed by atoms with E-state index in [1.165, 1.54) is 0 Å². The van der Waals surface area contributed by atoms with Gasteiger partial charge < -0.3 is 14.4 Å². The number of aliphatic hydroxyl groups is 1. The number of aromatic nitrogens is 3. The van der Waals surface area contributed by atoms with Crippen LogP contribution in [0, 0.1) is 13.8 Å². The first-order chi connectivity index (χ1) is 13.4. The van der Waals surface area contributed by atoms with Gasteiger partial charge in [-0.25, -0.2) is 9.97 Å². The van der Waals surface area contributed by atoms with E-state index in [1.807, 2.05) is 0 Å². The van der Waals surface area contributed by atoms with Crippen molar-refractivity contribution in [1.82, 2.24) is 14.5 Å². The Morgan fingerprint density at radius 1 is 1.14 bits per heavy atom. The molecule has 3 aromatic heterocycles. The maximum atomic E-state index is 9.42. The zero-order valence-electron chi connectivity index (χ0n) is 17.8. The molecular weight excluding hydrogens is 350 g/mol. The molecule has 0 aliphatic rings. The summed E-state index contributed by atoms with van der Waals surface area (Å²) < 4.78 is 7.86. The molecule has 28 heavy (non-hydrogen) atoms. The van der Waals surface area contributed by atoms with Crippen molar-refractivity contribution in [3.05, 3.63) is 41.2 Å². The van der Waals surface area contributed by atoms with Gasteiger partial charge >= 0.3 is 0 Å². The highest BCUT2D eigenvalue weighted by atomic mass is 16.5. The number of rotatable bonds is 7. The Labute approximate surface area is 167 Å². The van der Waals surface area contributed by atoms with Crippen LogP contribution in [-0.2, 0) is 0 Å². The number of ether oxygens (including phenoxy) is 1. The van der Waals surface area contributed by atoms with Gasteiger partial charge in [0.05, 0.1) is 29.4 Å². The number of aryl methyl sites for hydroxylation is 2. The van der Waals surface area contributed by atoms with E-state index in [0.29, 0.717) is 11.8 Å².